The second-order valence-corrected chi connectivity index (χ2v) is 8.31. The molecule has 0 radical (unpaired) electrons. The number of anilines is 1. The van der Waals surface area contributed by atoms with Crippen molar-refractivity contribution >= 4 is 27.5 Å². The number of aromatic nitrogens is 4. The molecular formula is C20H16BrF8N5O. The Morgan fingerprint density at radius 2 is 1.43 bits per heavy atom. The third-order valence-electron chi connectivity index (χ3n) is 5.21. The molecule has 0 fully saturated rings. The molecule has 0 atom stereocenters. The quantitative estimate of drug-likeness (QED) is 0.238. The number of carbonyl (C=O) groups excluding carboxylic acids is 1. The number of hydrogen-bond donors (Lipinski definition) is 1. The Balaban J connectivity index is 1.77. The van der Waals surface area contributed by atoms with Crippen LogP contribution in [0.4, 0.5) is 40.8 Å². The van der Waals surface area contributed by atoms with Crippen molar-refractivity contribution in [3.63, 3.8) is 0 Å². The van der Waals surface area contributed by atoms with Crippen LogP contribution in [0, 0.1) is 49.9 Å². The Morgan fingerprint density at radius 3 is 1.94 bits per heavy atom. The average molecular weight is 574 g/mol. The topological polar surface area (TPSA) is 64.7 Å². The second kappa shape index (κ2) is 9.59. The predicted molar refractivity (Wildman–Crippen MR) is 110 cm³/mol. The first kappa shape index (κ1) is 26.6. The maximum atomic E-state index is 14.0. The van der Waals surface area contributed by atoms with Crippen molar-refractivity contribution in [3.05, 3.63) is 61.9 Å². The fraction of sp³-hybridized carbons (Fsp3) is 0.350. The molecule has 0 spiro atoms. The van der Waals surface area contributed by atoms with Gasteiger partial charge >= 0.3 is 6.18 Å². The van der Waals surface area contributed by atoms with Gasteiger partial charge in [0.25, 0.3) is 0 Å². The molecule has 1 aromatic carbocycles. The number of rotatable bonds is 6. The van der Waals surface area contributed by atoms with E-state index in [9.17, 15) is 39.9 Å². The Morgan fingerprint density at radius 1 is 0.886 bits per heavy atom. The molecule has 6 nitrogen and oxygen atoms in total. The molecule has 0 unspecified atom stereocenters. The molecule has 1 amide bonds. The van der Waals surface area contributed by atoms with Crippen LogP contribution in [0.2, 0.25) is 0 Å². The van der Waals surface area contributed by atoms with Crippen LogP contribution in [-0.4, -0.2) is 25.5 Å². The van der Waals surface area contributed by atoms with Gasteiger partial charge in [0.2, 0.25) is 11.7 Å². The van der Waals surface area contributed by atoms with Gasteiger partial charge in [-0.15, -0.1) is 0 Å². The lowest BCUT2D eigenvalue weighted by molar-refractivity contribution is -0.142. The monoisotopic (exact) mass is 573 g/mol. The molecule has 0 saturated carbocycles. The van der Waals surface area contributed by atoms with Crippen LogP contribution in [0.15, 0.2) is 4.47 Å². The predicted octanol–water partition coefficient (Wildman–Crippen LogP) is 5.56. The van der Waals surface area contributed by atoms with Crippen molar-refractivity contribution in [3.8, 4) is 0 Å². The van der Waals surface area contributed by atoms with E-state index in [1.165, 1.54) is 20.8 Å². The summed E-state index contributed by atoms with van der Waals surface area (Å²) in [4.78, 5) is 12.4. The van der Waals surface area contributed by atoms with Crippen molar-refractivity contribution in [2.24, 2.45) is 0 Å². The van der Waals surface area contributed by atoms with Crippen molar-refractivity contribution in [2.45, 2.75) is 46.5 Å². The fourth-order valence-corrected chi connectivity index (χ4v) is 3.81. The fourth-order valence-electron chi connectivity index (χ4n) is 3.30. The zero-order valence-electron chi connectivity index (χ0n) is 18.2. The minimum absolute atomic E-state index is 0.119. The van der Waals surface area contributed by atoms with E-state index in [0.717, 1.165) is 9.36 Å². The van der Waals surface area contributed by atoms with Gasteiger partial charge in [-0.1, -0.05) is 0 Å². The van der Waals surface area contributed by atoms with E-state index >= 15 is 0 Å². The summed E-state index contributed by atoms with van der Waals surface area (Å²) in [6, 6.07) is 0. The molecule has 190 valence electrons. The average Bonchev–Trinajstić information content (AvgIpc) is 3.22. The number of amides is 1. The van der Waals surface area contributed by atoms with Crippen LogP contribution >= 0.6 is 15.9 Å². The van der Waals surface area contributed by atoms with E-state index in [4.69, 9.17) is 0 Å². The first-order chi connectivity index (χ1) is 16.1. The van der Waals surface area contributed by atoms with E-state index in [-0.39, 0.29) is 40.2 Å². The maximum absolute atomic E-state index is 14.0. The number of aryl methyl sites for hydroxylation is 2. The molecule has 3 aromatic rings. The highest BCUT2D eigenvalue weighted by atomic mass is 79.9. The number of nitrogens with one attached hydrogen (secondary N) is 1. The Hall–Kier alpha value is -2.97. The summed E-state index contributed by atoms with van der Waals surface area (Å²) >= 11 is 2.83. The lowest BCUT2D eigenvalue weighted by Gasteiger charge is -2.10. The number of carbonyl (C=O) groups is 1. The standard InChI is InChI=1S/C20H16BrF8N5O/c1-7-18(30-11(35)4-5-33-8(2)12(21)19(32-33)20(27,28)29)9(3)34(31-7)6-10-13(22)15(24)17(26)16(25)14(10)23/h4-6H2,1-3H3,(H,30,35). The number of hydrogen-bond acceptors (Lipinski definition) is 3. The highest BCUT2D eigenvalue weighted by molar-refractivity contribution is 9.10. The summed E-state index contributed by atoms with van der Waals surface area (Å²) in [6.07, 6.45) is -4.97. The molecular weight excluding hydrogens is 558 g/mol. The second-order valence-electron chi connectivity index (χ2n) is 7.52. The van der Waals surface area contributed by atoms with Crippen molar-refractivity contribution < 1.29 is 39.9 Å². The summed E-state index contributed by atoms with van der Waals surface area (Å²) in [7, 11) is 0. The third-order valence-corrected chi connectivity index (χ3v) is 6.16. The lowest BCUT2D eigenvalue weighted by Crippen LogP contribution is -2.17. The Kier molecular flexibility index (Phi) is 7.29. The van der Waals surface area contributed by atoms with Crippen LogP contribution in [0.3, 0.4) is 0 Å². The first-order valence-corrected chi connectivity index (χ1v) is 10.6. The molecule has 2 heterocycles. The van der Waals surface area contributed by atoms with Crippen LogP contribution < -0.4 is 5.32 Å². The smallest absolute Gasteiger partial charge is 0.323 e. The minimum atomic E-state index is -4.69. The highest BCUT2D eigenvalue weighted by Gasteiger charge is 2.38. The van der Waals surface area contributed by atoms with Gasteiger partial charge in [-0.3, -0.25) is 14.2 Å². The zero-order valence-corrected chi connectivity index (χ0v) is 19.8. The molecule has 0 aliphatic rings. The van der Waals surface area contributed by atoms with Gasteiger partial charge in [-0.25, -0.2) is 22.0 Å². The number of benzene rings is 1. The van der Waals surface area contributed by atoms with E-state index in [0.29, 0.717) is 0 Å². The molecule has 0 aliphatic heterocycles. The molecule has 0 saturated heterocycles. The van der Waals surface area contributed by atoms with Crippen molar-refractivity contribution in [1.29, 1.82) is 0 Å². The summed E-state index contributed by atoms with van der Waals surface area (Å²) in [5, 5.41) is 9.94. The number of halogens is 9. The number of alkyl halides is 3. The zero-order chi connectivity index (χ0) is 26.4. The molecule has 2 aromatic heterocycles. The van der Waals surface area contributed by atoms with Gasteiger partial charge < -0.3 is 5.32 Å². The largest absolute Gasteiger partial charge is 0.436 e. The van der Waals surface area contributed by atoms with Crippen LogP contribution in [0.1, 0.15) is 34.8 Å². The molecule has 0 aliphatic carbocycles. The molecule has 35 heavy (non-hydrogen) atoms. The van der Waals surface area contributed by atoms with E-state index in [2.05, 4.69) is 31.4 Å². The van der Waals surface area contributed by atoms with E-state index in [1.54, 1.807) is 0 Å². The van der Waals surface area contributed by atoms with Gasteiger partial charge in [-0.05, 0) is 36.7 Å². The minimum Gasteiger partial charge on any atom is -0.323 e. The third kappa shape index (κ3) is 5.04. The molecule has 0 bridgehead atoms. The van der Waals surface area contributed by atoms with Gasteiger partial charge in [0.15, 0.2) is 29.0 Å². The van der Waals surface area contributed by atoms with E-state index < -0.39 is 59.0 Å². The van der Waals surface area contributed by atoms with Crippen LogP contribution in [-0.2, 0) is 24.1 Å². The summed E-state index contributed by atoms with van der Waals surface area (Å²) < 4.78 is 109. The van der Waals surface area contributed by atoms with Gasteiger partial charge in [0, 0.05) is 6.42 Å². The van der Waals surface area contributed by atoms with Crippen molar-refractivity contribution in [2.75, 3.05) is 5.32 Å². The summed E-state index contributed by atoms with van der Waals surface area (Å²) in [6.45, 7) is 3.22. The normalized spacial score (nSPS) is 11.9. The Bertz CT molecular complexity index is 1290. The highest BCUT2D eigenvalue weighted by Crippen LogP contribution is 2.35. The molecule has 1 N–H and O–H groups in total. The van der Waals surface area contributed by atoms with E-state index in [1.807, 2.05) is 0 Å². The van der Waals surface area contributed by atoms with Crippen LogP contribution in [0.5, 0.6) is 0 Å². The van der Waals surface area contributed by atoms with Gasteiger partial charge in [0.05, 0.1) is 45.9 Å². The van der Waals surface area contributed by atoms with Crippen LogP contribution in [0.25, 0.3) is 0 Å². The SMILES string of the molecule is Cc1nn(Cc2c(F)c(F)c(F)c(F)c2F)c(C)c1NC(=O)CCn1nc(C(F)(F)F)c(Br)c1C. The van der Waals surface area contributed by atoms with Gasteiger partial charge in [-0.2, -0.15) is 23.4 Å². The lowest BCUT2D eigenvalue weighted by atomic mass is 10.1. The van der Waals surface area contributed by atoms with Crippen molar-refractivity contribution in [1.82, 2.24) is 19.6 Å². The Labute approximate surface area is 201 Å². The number of nitrogens with zero attached hydrogens (tertiary/aromatic N) is 4. The summed E-state index contributed by atoms with van der Waals surface area (Å²) in [5.41, 5.74) is -1.63. The molecule has 15 heteroatoms. The molecule has 3 rings (SSSR count). The maximum Gasteiger partial charge on any atom is 0.436 e. The van der Waals surface area contributed by atoms with Gasteiger partial charge in [0.1, 0.15) is 0 Å². The first-order valence-electron chi connectivity index (χ1n) is 9.79. The summed E-state index contributed by atoms with van der Waals surface area (Å²) in [5.74, 6) is -11.1.